The van der Waals surface area contributed by atoms with Crippen molar-refractivity contribution in [2.45, 2.75) is 53.0 Å². The van der Waals surface area contributed by atoms with Gasteiger partial charge in [0.1, 0.15) is 6.04 Å². The number of hydrogen-bond donors (Lipinski definition) is 1. The number of rotatable bonds is 7. The van der Waals surface area contributed by atoms with E-state index in [4.69, 9.17) is 0 Å². The number of carbonyl (C=O) groups excluding carboxylic acids is 2. The molecule has 0 aliphatic carbocycles. The quantitative estimate of drug-likeness (QED) is 0.782. The highest BCUT2D eigenvalue weighted by Crippen LogP contribution is 2.25. The molecule has 0 aromatic heterocycles. The number of nitrogens with zero attached hydrogens (tertiary/aromatic N) is 2. The Hall–Kier alpha value is -1.88. The maximum absolute atomic E-state index is 13.2. The summed E-state index contributed by atoms with van der Waals surface area (Å²) in [6, 6.07) is 7.68. The van der Waals surface area contributed by atoms with E-state index in [1.807, 2.05) is 36.1 Å². The summed E-state index contributed by atoms with van der Waals surface area (Å²) in [6.07, 6.45) is 0.662. The lowest BCUT2D eigenvalue weighted by Gasteiger charge is -2.35. The van der Waals surface area contributed by atoms with Crippen LogP contribution in [0.5, 0.6) is 0 Å². The van der Waals surface area contributed by atoms with Crippen molar-refractivity contribution in [3.05, 3.63) is 35.4 Å². The third-order valence-electron chi connectivity index (χ3n) is 5.52. The normalized spacial score (nSPS) is 17.6. The molecule has 1 aliphatic rings. The van der Waals surface area contributed by atoms with Crippen molar-refractivity contribution >= 4 is 11.8 Å². The maximum atomic E-state index is 13.2. The van der Waals surface area contributed by atoms with Crippen LogP contribution in [0.1, 0.15) is 51.2 Å². The first-order valence-corrected chi connectivity index (χ1v) is 10.5. The molecule has 5 heteroatoms. The van der Waals surface area contributed by atoms with E-state index in [9.17, 15) is 9.59 Å². The number of hydrogen-bond acceptors (Lipinski definition) is 3. The van der Waals surface area contributed by atoms with Gasteiger partial charge in [-0.3, -0.25) is 9.59 Å². The second kappa shape index (κ2) is 10.1. The largest absolute Gasteiger partial charge is 0.344 e. The second-order valence-electron chi connectivity index (χ2n) is 8.95. The number of benzene rings is 1. The molecule has 0 spiro atoms. The van der Waals surface area contributed by atoms with Crippen LogP contribution in [-0.4, -0.2) is 60.9 Å². The standard InChI is InChI=1S/C23H37N3O2/c1-16(2)15-20(23(28)26-13-11-25(6)12-14-26)24-22(27)21(17(3)4)19-9-7-18(5)8-10-19/h7-10,16-17,20-21H,11-15H2,1-6H3,(H,24,27)/t20-,21?/m0/s1. The van der Waals surface area contributed by atoms with E-state index >= 15 is 0 Å². The third kappa shape index (κ3) is 6.06. The van der Waals surface area contributed by atoms with Gasteiger partial charge in [0.2, 0.25) is 11.8 Å². The van der Waals surface area contributed by atoms with E-state index in [-0.39, 0.29) is 23.7 Å². The van der Waals surface area contributed by atoms with Crippen LogP contribution in [0, 0.1) is 18.8 Å². The number of amides is 2. The maximum Gasteiger partial charge on any atom is 0.245 e. The van der Waals surface area contributed by atoms with E-state index in [1.165, 1.54) is 5.56 Å². The summed E-state index contributed by atoms with van der Waals surface area (Å²) in [7, 11) is 2.07. The molecule has 2 rings (SSSR count). The highest BCUT2D eigenvalue weighted by Gasteiger charge is 2.32. The first-order valence-electron chi connectivity index (χ1n) is 10.5. The van der Waals surface area contributed by atoms with Crippen LogP contribution in [0.25, 0.3) is 0 Å². The van der Waals surface area contributed by atoms with Gasteiger partial charge in [-0.05, 0) is 37.8 Å². The van der Waals surface area contributed by atoms with E-state index in [0.29, 0.717) is 12.3 Å². The fraction of sp³-hybridized carbons (Fsp3) is 0.652. The van der Waals surface area contributed by atoms with Crippen LogP contribution in [0.2, 0.25) is 0 Å². The zero-order valence-electron chi connectivity index (χ0n) is 18.4. The summed E-state index contributed by atoms with van der Waals surface area (Å²) < 4.78 is 0. The van der Waals surface area contributed by atoms with Crippen LogP contribution in [-0.2, 0) is 9.59 Å². The lowest BCUT2D eigenvalue weighted by Crippen LogP contribution is -2.55. The van der Waals surface area contributed by atoms with Gasteiger partial charge in [-0.15, -0.1) is 0 Å². The summed E-state index contributed by atoms with van der Waals surface area (Å²) in [5, 5.41) is 3.11. The Labute approximate surface area is 170 Å². The van der Waals surface area contributed by atoms with Crippen LogP contribution in [0.3, 0.4) is 0 Å². The van der Waals surface area contributed by atoms with Gasteiger partial charge < -0.3 is 15.1 Å². The molecule has 1 aromatic carbocycles. The first kappa shape index (κ1) is 22.4. The van der Waals surface area contributed by atoms with Gasteiger partial charge in [0, 0.05) is 26.2 Å². The number of piperazine rings is 1. The molecule has 1 aliphatic heterocycles. The summed E-state index contributed by atoms with van der Waals surface area (Å²) >= 11 is 0. The molecule has 1 heterocycles. The smallest absolute Gasteiger partial charge is 0.245 e. The van der Waals surface area contributed by atoms with Crippen LogP contribution in [0.4, 0.5) is 0 Å². The number of carbonyl (C=O) groups is 2. The molecule has 1 unspecified atom stereocenters. The van der Waals surface area contributed by atoms with E-state index in [2.05, 4.69) is 45.0 Å². The average Bonchev–Trinajstić information content (AvgIpc) is 2.62. The molecule has 0 saturated carbocycles. The topological polar surface area (TPSA) is 52.7 Å². The SMILES string of the molecule is Cc1ccc(C(C(=O)N[C@@H](CC(C)C)C(=O)N2CCN(C)CC2)C(C)C)cc1. The molecule has 2 atom stereocenters. The van der Waals surface area contributed by atoms with Crippen molar-refractivity contribution in [3.63, 3.8) is 0 Å². The third-order valence-corrected chi connectivity index (χ3v) is 5.52. The summed E-state index contributed by atoms with van der Waals surface area (Å²) in [4.78, 5) is 30.5. The molecule has 156 valence electrons. The Morgan fingerprint density at radius 2 is 1.57 bits per heavy atom. The van der Waals surface area contributed by atoms with Gasteiger partial charge in [-0.25, -0.2) is 0 Å². The van der Waals surface area contributed by atoms with Crippen molar-refractivity contribution in [1.29, 1.82) is 0 Å². The van der Waals surface area contributed by atoms with E-state index in [0.717, 1.165) is 31.7 Å². The molecule has 28 heavy (non-hydrogen) atoms. The zero-order chi connectivity index (χ0) is 20.8. The Balaban J connectivity index is 2.15. The van der Waals surface area contributed by atoms with Gasteiger partial charge in [0.05, 0.1) is 5.92 Å². The lowest BCUT2D eigenvalue weighted by atomic mass is 9.86. The molecule has 1 saturated heterocycles. The number of likely N-dealkylation sites (N-methyl/N-ethyl adjacent to an activating group) is 1. The zero-order valence-corrected chi connectivity index (χ0v) is 18.4. The van der Waals surface area contributed by atoms with Gasteiger partial charge in [0.15, 0.2) is 0 Å². The minimum Gasteiger partial charge on any atom is -0.344 e. The van der Waals surface area contributed by atoms with Crippen molar-refractivity contribution in [3.8, 4) is 0 Å². The molecule has 1 N–H and O–H groups in total. The summed E-state index contributed by atoms with van der Waals surface area (Å²) in [6.45, 7) is 13.6. The van der Waals surface area contributed by atoms with Crippen molar-refractivity contribution in [2.24, 2.45) is 11.8 Å². The fourth-order valence-electron chi connectivity index (χ4n) is 3.81. The fourth-order valence-corrected chi connectivity index (χ4v) is 3.81. The molecule has 1 aromatic rings. The first-order chi connectivity index (χ1) is 13.2. The second-order valence-corrected chi connectivity index (χ2v) is 8.95. The van der Waals surface area contributed by atoms with E-state index in [1.54, 1.807) is 0 Å². The van der Waals surface area contributed by atoms with Crippen molar-refractivity contribution < 1.29 is 9.59 Å². The Morgan fingerprint density at radius 3 is 2.07 bits per heavy atom. The molecule has 0 radical (unpaired) electrons. The van der Waals surface area contributed by atoms with Crippen LogP contribution < -0.4 is 5.32 Å². The van der Waals surface area contributed by atoms with Crippen molar-refractivity contribution in [2.75, 3.05) is 33.2 Å². The van der Waals surface area contributed by atoms with Gasteiger partial charge in [-0.2, -0.15) is 0 Å². The summed E-state index contributed by atoms with van der Waals surface area (Å²) in [5.41, 5.74) is 2.18. The van der Waals surface area contributed by atoms with Gasteiger partial charge >= 0.3 is 0 Å². The van der Waals surface area contributed by atoms with Gasteiger partial charge in [-0.1, -0.05) is 57.5 Å². The predicted molar refractivity (Wildman–Crippen MR) is 114 cm³/mol. The molecule has 5 nitrogen and oxygen atoms in total. The molecular formula is C23H37N3O2. The lowest BCUT2D eigenvalue weighted by molar-refractivity contribution is -0.138. The molecular weight excluding hydrogens is 350 g/mol. The van der Waals surface area contributed by atoms with Crippen LogP contribution >= 0.6 is 0 Å². The minimum atomic E-state index is -0.456. The Morgan fingerprint density at radius 1 is 1.00 bits per heavy atom. The summed E-state index contributed by atoms with van der Waals surface area (Å²) in [5.74, 6) is 0.240. The Bertz CT molecular complexity index is 646. The monoisotopic (exact) mass is 387 g/mol. The highest BCUT2D eigenvalue weighted by atomic mass is 16.2. The van der Waals surface area contributed by atoms with Gasteiger partial charge in [0.25, 0.3) is 0 Å². The van der Waals surface area contributed by atoms with E-state index < -0.39 is 6.04 Å². The number of aryl methyl sites for hydroxylation is 1. The minimum absolute atomic E-state index is 0.0491. The molecule has 0 bridgehead atoms. The molecule has 2 amide bonds. The number of nitrogens with one attached hydrogen (secondary N) is 1. The average molecular weight is 388 g/mol. The Kier molecular flexibility index (Phi) is 8.05. The van der Waals surface area contributed by atoms with Crippen LogP contribution in [0.15, 0.2) is 24.3 Å². The predicted octanol–water partition coefficient (Wildman–Crippen LogP) is 3.04. The highest BCUT2D eigenvalue weighted by molar-refractivity contribution is 5.90. The molecule has 1 fully saturated rings. The van der Waals surface area contributed by atoms with Crippen molar-refractivity contribution in [1.82, 2.24) is 15.1 Å².